The van der Waals surface area contributed by atoms with E-state index in [4.69, 9.17) is 4.74 Å². The van der Waals surface area contributed by atoms with Crippen molar-refractivity contribution in [1.82, 2.24) is 5.32 Å². The number of hydrogen-bond acceptors (Lipinski definition) is 2. The van der Waals surface area contributed by atoms with Gasteiger partial charge in [-0.1, -0.05) is 19.1 Å². The van der Waals surface area contributed by atoms with Crippen molar-refractivity contribution in [3.8, 4) is 0 Å². The Morgan fingerprint density at radius 1 is 1.26 bits per heavy atom. The fourth-order valence-electron chi connectivity index (χ4n) is 2.46. The molecule has 0 saturated carbocycles. The lowest BCUT2D eigenvalue weighted by Crippen LogP contribution is -2.36. The molecule has 0 spiro atoms. The highest BCUT2D eigenvalue weighted by Crippen LogP contribution is 2.25. The molecule has 0 aromatic heterocycles. The smallest absolute Gasteiger partial charge is 0.0547 e. The van der Waals surface area contributed by atoms with Crippen molar-refractivity contribution >= 4 is 0 Å². The van der Waals surface area contributed by atoms with E-state index in [2.05, 4.69) is 52.1 Å². The molecule has 2 heteroatoms. The highest BCUT2D eigenvalue weighted by molar-refractivity contribution is 4.93. The summed E-state index contributed by atoms with van der Waals surface area (Å²) in [5, 5.41) is 3.53. The molecule has 0 amide bonds. The van der Waals surface area contributed by atoms with Gasteiger partial charge in [0.25, 0.3) is 0 Å². The summed E-state index contributed by atoms with van der Waals surface area (Å²) in [7, 11) is 0. The molecule has 19 heavy (non-hydrogen) atoms. The topological polar surface area (TPSA) is 21.3 Å². The predicted octanol–water partition coefficient (Wildman–Crippen LogP) is 4.16. The standard InChI is InChI=1S/C17H33NO/c1-14-9-6-7-11-16(14)13-19-15(2)10-8-12-18-17(3,4)5/h6-7,14-16,18H,8-13H2,1-5H3. The highest BCUT2D eigenvalue weighted by Gasteiger charge is 2.19. The third-order valence-corrected chi connectivity index (χ3v) is 3.96. The van der Waals surface area contributed by atoms with Gasteiger partial charge in [0.05, 0.1) is 12.7 Å². The van der Waals surface area contributed by atoms with Crippen molar-refractivity contribution in [2.75, 3.05) is 13.2 Å². The van der Waals surface area contributed by atoms with Crippen LogP contribution in [0.2, 0.25) is 0 Å². The van der Waals surface area contributed by atoms with Gasteiger partial charge < -0.3 is 10.1 Å². The van der Waals surface area contributed by atoms with E-state index >= 15 is 0 Å². The Hall–Kier alpha value is -0.340. The van der Waals surface area contributed by atoms with Crippen LogP contribution in [0.25, 0.3) is 0 Å². The van der Waals surface area contributed by atoms with Crippen LogP contribution >= 0.6 is 0 Å². The zero-order chi connectivity index (χ0) is 14.3. The summed E-state index contributed by atoms with van der Waals surface area (Å²) in [5.41, 5.74) is 0.230. The fourth-order valence-corrected chi connectivity index (χ4v) is 2.46. The minimum absolute atomic E-state index is 0.230. The molecule has 112 valence electrons. The van der Waals surface area contributed by atoms with Crippen LogP contribution in [-0.2, 0) is 4.74 Å². The van der Waals surface area contributed by atoms with Gasteiger partial charge in [0.2, 0.25) is 0 Å². The summed E-state index contributed by atoms with van der Waals surface area (Å²) >= 11 is 0. The zero-order valence-electron chi connectivity index (χ0n) is 13.5. The summed E-state index contributed by atoms with van der Waals surface area (Å²) in [6, 6.07) is 0. The molecular weight excluding hydrogens is 234 g/mol. The summed E-state index contributed by atoms with van der Waals surface area (Å²) in [6.45, 7) is 13.2. The van der Waals surface area contributed by atoms with Crippen molar-refractivity contribution in [2.24, 2.45) is 11.8 Å². The molecule has 3 atom stereocenters. The number of allylic oxidation sites excluding steroid dienone is 2. The van der Waals surface area contributed by atoms with Crippen LogP contribution in [0.4, 0.5) is 0 Å². The van der Waals surface area contributed by atoms with Gasteiger partial charge in [-0.25, -0.2) is 0 Å². The Morgan fingerprint density at radius 2 is 1.95 bits per heavy atom. The Morgan fingerprint density at radius 3 is 2.58 bits per heavy atom. The highest BCUT2D eigenvalue weighted by atomic mass is 16.5. The zero-order valence-corrected chi connectivity index (χ0v) is 13.5. The summed E-state index contributed by atoms with van der Waals surface area (Å²) in [6.07, 6.45) is 9.77. The van der Waals surface area contributed by atoms with Crippen molar-refractivity contribution in [3.63, 3.8) is 0 Å². The van der Waals surface area contributed by atoms with Crippen LogP contribution in [-0.4, -0.2) is 24.8 Å². The minimum atomic E-state index is 0.230. The molecule has 0 heterocycles. The van der Waals surface area contributed by atoms with Gasteiger partial charge in [0.1, 0.15) is 0 Å². The molecule has 3 unspecified atom stereocenters. The van der Waals surface area contributed by atoms with Gasteiger partial charge in [0.15, 0.2) is 0 Å². The number of rotatable bonds is 7. The maximum atomic E-state index is 6.02. The molecule has 0 radical (unpaired) electrons. The van der Waals surface area contributed by atoms with Gasteiger partial charge in [-0.2, -0.15) is 0 Å². The number of nitrogens with one attached hydrogen (secondary N) is 1. The normalized spacial score (nSPS) is 25.5. The molecule has 0 saturated heterocycles. The first-order valence-corrected chi connectivity index (χ1v) is 7.90. The van der Waals surface area contributed by atoms with Gasteiger partial charge in [0, 0.05) is 5.54 Å². The van der Waals surface area contributed by atoms with Crippen molar-refractivity contribution in [3.05, 3.63) is 12.2 Å². The van der Waals surface area contributed by atoms with Crippen LogP contribution in [0, 0.1) is 11.8 Å². The molecule has 1 aliphatic carbocycles. The second-order valence-corrected chi connectivity index (χ2v) is 7.14. The second kappa shape index (κ2) is 8.06. The lowest BCUT2D eigenvalue weighted by molar-refractivity contribution is 0.0212. The van der Waals surface area contributed by atoms with Gasteiger partial charge in [-0.3, -0.25) is 0 Å². The van der Waals surface area contributed by atoms with E-state index in [1.807, 2.05) is 0 Å². The Bertz CT molecular complexity index is 267. The summed E-state index contributed by atoms with van der Waals surface area (Å²) in [4.78, 5) is 0. The maximum Gasteiger partial charge on any atom is 0.0547 e. The minimum Gasteiger partial charge on any atom is -0.378 e. The van der Waals surface area contributed by atoms with Gasteiger partial charge >= 0.3 is 0 Å². The third-order valence-electron chi connectivity index (χ3n) is 3.96. The maximum absolute atomic E-state index is 6.02. The van der Waals surface area contributed by atoms with Gasteiger partial charge in [-0.15, -0.1) is 0 Å². The molecule has 1 rings (SSSR count). The SMILES string of the molecule is CC(CCCNC(C)(C)C)OCC1CC=CCC1C. The molecule has 0 bridgehead atoms. The van der Waals surface area contributed by atoms with Crippen molar-refractivity contribution in [2.45, 2.75) is 71.9 Å². The van der Waals surface area contributed by atoms with E-state index in [9.17, 15) is 0 Å². The predicted molar refractivity (Wildman–Crippen MR) is 83.4 cm³/mol. The molecular formula is C17H33NO. The van der Waals surface area contributed by atoms with Crippen LogP contribution in [0.5, 0.6) is 0 Å². The monoisotopic (exact) mass is 267 g/mol. The first-order chi connectivity index (χ1) is 8.88. The van der Waals surface area contributed by atoms with E-state index in [1.54, 1.807) is 0 Å². The van der Waals surface area contributed by atoms with E-state index in [1.165, 1.54) is 19.3 Å². The van der Waals surface area contributed by atoms with Gasteiger partial charge in [-0.05, 0) is 71.8 Å². The van der Waals surface area contributed by atoms with Crippen LogP contribution < -0.4 is 5.32 Å². The van der Waals surface area contributed by atoms with Crippen LogP contribution in [0.1, 0.15) is 60.3 Å². The second-order valence-electron chi connectivity index (χ2n) is 7.14. The fraction of sp³-hybridized carbons (Fsp3) is 0.882. The van der Waals surface area contributed by atoms with Crippen molar-refractivity contribution in [1.29, 1.82) is 0 Å². The largest absolute Gasteiger partial charge is 0.378 e. The third kappa shape index (κ3) is 7.74. The summed E-state index contributed by atoms with van der Waals surface area (Å²) < 4.78 is 6.02. The quantitative estimate of drug-likeness (QED) is 0.552. The van der Waals surface area contributed by atoms with E-state index in [0.29, 0.717) is 6.10 Å². The number of hydrogen-bond donors (Lipinski definition) is 1. The molecule has 1 aliphatic rings. The average Bonchev–Trinajstić information content (AvgIpc) is 2.32. The molecule has 0 aromatic carbocycles. The molecule has 1 N–H and O–H groups in total. The van der Waals surface area contributed by atoms with E-state index in [-0.39, 0.29) is 5.54 Å². The van der Waals surface area contributed by atoms with Crippen molar-refractivity contribution < 1.29 is 4.74 Å². The molecule has 0 aromatic rings. The average molecular weight is 267 g/mol. The molecule has 2 nitrogen and oxygen atoms in total. The Kier molecular flexibility index (Phi) is 7.09. The van der Waals surface area contributed by atoms with E-state index in [0.717, 1.165) is 31.4 Å². The Labute approximate surface area is 120 Å². The molecule has 0 fully saturated rings. The lowest BCUT2D eigenvalue weighted by atomic mass is 9.85. The first-order valence-electron chi connectivity index (χ1n) is 7.90. The first kappa shape index (κ1) is 16.7. The van der Waals surface area contributed by atoms with Crippen LogP contribution in [0.15, 0.2) is 12.2 Å². The number of ether oxygens (including phenoxy) is 1. The summed E-state index contributed by atoms with van der Waals surface area (Å²) in [5.74, 6) is 1.50. The Balaban J connectivity index is 2.07. The molecule has 0 aliphatic heterocycles. The lowest BCUT2D eigenvalue weighted by Gasteiger charge is -2.26. The van der Waals surface area contributed by atoms with E-state index < -0.39 is 0 Å². The van der Waals surface area contributed by atoms with Crippen LogP contribution in [0.3, 0.4) is 0 Å².